The molecule has 1 aromatic carbocycles. The monoisotopic (exact) mass is 264 g/mol. The van der Waals surface area contributed by atoms with Gasteiger partial charge in [-0.05, 0) is 30.5 Å². The van der Waals surface area contributed by atoms with Gasteiger partial charge in [0.15, 0.2) is 6.61 Å². The molecule has 0 saturated heterocycles. The molecule has 1 aliphatic carbocycles. The fourth-order valence-corrected chi connectivity index (χ4v) is 1.90. The molecule has 1 aliphatic rings. The number of nitrogens with two attached hydrogens (primary N) is 1. The van der Waals surface area contributed by atoms with Gasteiger partial charge in [0, 0.05) is 25.1 Å². The number of carbonyl (C=O) groups is 1. The molecule has 5 heteroatoms. The van der Waals surface area contributed by atoms with Crippen LogP contribution in [0.25, 0.3) is 0 Å². The zero-order valence-electron chi connectivity index (χ0n) is 10.9. The molecule has 1 aromatic rings. The number of ether oxygens (including phenoxy) is 1. The van der Waals surface area contributed by atoms with Gasteiger partial charge in [0.1, 0.15) is 5.75 Å². The molecule has 1 saturated carbocycles. The molecular weight excluding hydrogens is 244 g/mol. The summed E-state index contributed by atoms with van der Waals surface area (Å²) in [5.41, 5.74) is 6.27. The van der Waals surface area contributed by atoms with Crippen molar-refractivity contribution in [3.63, 3.8) is 0 Å². The average molecular weight is 264 g/mol. The van der Waals surface area contributed by atoms with Gasteiger partial charge >= 0.3 is 0 Å². The summed E-state index contributed by atoms with van der Waals surface area (Å²) in [6.45, 7) is 1.78. The maximum atomic E-state index is 10.6. The highest BCUT2D eigenvalue weighted by molar-refractivity contribution is 5.75. The Kier molecular flexibility index (Phi) is 4.39. The number of nitrogens with one attached hydrogen (secondary N) is 1. The molecule has 1 fully saturated rings. The largest absolute Gasteiger partial charge is 0.484 e. The third kappa shape index (κ3) is 4.22. The van der Waals surface area contributed by atoms with Gasteiger partial charge in [0.05, 0.1) is 0 Å². The first kappa shape index (κ1) is 13.8. The number of amides is 1. The Balaban J connectivity index is 1.74. The molecule has 0 bridgehead atoms. The normalized spacial score (nSPS) is 16.1. The van der Waals surface area contributed by atoms with E-state index in [4.69, 9.17) is 10.5 Å². The summed E-state index contributed by atoms with van der Waals surface area (Å²) in [4.78, 5) is 10.6. The highest BCUT2D eigenvalue weighted by Crippen LogP contribution is 2.44. The second kappa shape index (κ2) is 6.04. The molecule has 0 spiro atoms. The van der Waals surface area contributed by atoms with Crippen molar-refractivity contribution >= 4 is 5.91 Å². The maximum Gasteiger partial charge on any atom is 0.255 e. The van der Waals surface area contributed by atoms with E-state index in [1.54, 1.807) is 0 Å². The van der Waals surface area contributed by atoms with Crippen LogP contribution >= 0.6 is 0 Å². The maximum absolute atomic E-state index is 10.6. The Morgan fingerprint density at radius 3 is 2.58 bits per heavy atom. The van der Waals surface area contributed by atoms with Crippen molar-refractivity contribution in [1.29, 1.82) is 0 Å². The Morgan fingerprint density at radius 2 is 2.05 bits per heavy atom. The lowest BCUT2D eigenvalue weighted by Gasteiger charge is -2.12. The first-order chi connectivity index (χ1) is 9.13. The molecule has 2 rings (SSSR count). The number of carbonyl (C=O) groups excluding carboxylic acids is 1. The summed E-state index contributed by atoms with van der Waals surface area (Å²) in [7, 11) is 0. The molecule has 4 N–H and O–H groups in total. The number of rotatable bonds is 8. The van der Waals surface area contributed by atoms with Crippen LogP contribution in [0.2, 0.25) is 0 Å². The summed E-state index contributed by atoms with van der Waals surface area (Å²) >= 11 is 0. The molecule has 0 heterocycles. The summed E-state index contributed by atoms with van der Waals surface area (Å²) in [6.07, 6.45) is 2.22. The first-order valence-electron chi connectivity index (χ1n) is 6.45. The van der Waals surface area contributed by atoms with Crippen LogP contribution in [-0.4, -0.2) is 30.8 Å². The number of aliphatic hydroxyl groups excluding tert-OH is 1. The minimum Gasteiger partial charge on any atom is -0.484 e. The van der Waals surface area contributed by atoms with E-state index in [0.717, 1.165) is 31.5 Å². The van der Waals surface area contributed by atoms with E-state index in [-0.39, 0.29) is 18.6 Å². The van der Waals surface area contributed by atoms with Crippen molar-refractivity contribution < 1.29 is 14.6 Å². The third-order valence-corrected chi connectivity index (χ3v) is 3.43. The Labute approximate surface area is 112 Å². The van der Waals surface area contributed by atoms with Crippen LogP contribution in [0.1, 0.15) is 18.4 Å². The first-order valence-corrected chi connectivity index (χ1v) is 6.45. The lowest BCUT2D eigenvalue weighted by molar-refractivity contribution is -0.119. The average Bonchev–Trinajstić information content (AvgIpc) is 3.18. The van der Waals surface area contributed by atoms with Crippen LogP contribution in [0.4, 0.5) is 0 Å². The second-order valence-corrected chi connectivity index (χ2v) is 5.16. The van der Waals surface area contributed by atoms with Gasteiger partial charge in [-0.15, -0.1) is 0 Å². The number of primary amides is 1. The second-order valence-electron chi connectivity index (χ2n) is 5.16. The summed E-state index contributed by atoms with van der Waals surface area (Å²) < 4.78 is 5.18. The zero-order valence-corrected chi connectivity index (χ0v) is 10.9. The van der Waals surface area contributed by atoms with Crippen LogP contribution in [0.15, 0.2) is 24.3 Å². The van der Waals surface area contributed by atoms with Crippen LogP contribution < -0.4 is 15.8 Å². The van der Waals surface area contributed by atoms with E-state index in [1.165, 1.54) is 0 Å². The van der Waals surface area contributed by atoms with Crippen molar-refractivity contribution in [2.45, 2.75) is 19.4 Å². The Morgan fingerprint density at radius 1 is 1.37 bits per heavy atom. The van der Waals surface area contributed by atoms with Crippen molar-refractivity contribution in [2.24, 2.45) is 11.1 Å². The van der Waals surface area contributed by atoms with Crippen molar-refractivity contribution in [3.8, 4) is 5.75 Å². The number of hydrogen-bond acceptors (Lipinski definition) is 4. The van der Waals surface area contributed by atoms with E-state index in [1.807, 2.05) is 24.3 Å². The van der Waals surface area contributed by atoms with Gasteiger partial charge in [-0.25, -0.2) is 0 Å². The van der Waals surface area contributed by atoms with Crippen molar-refractivity contribution in [2.75, 3.05) is 19.8 Å². The van der Waals surface area contributed by atoms with E-state index >= 15 is 0 Å². The van der Waals surface area contributed by atoms with Crippen LogP contribution in [0.5, 0.6) is 5.75 Å². The van der Waals surface area contributed by atoms with Gasteiger partial charge in [-0.3, -0.25) is 4.79 Å². The van der Waals surface area contributed by atoms with Gasteiger partial charge in [0.2, 0.25) is 0 Å². The van der Waals surface area contributed by atoms with Crippen LogP contribution in [0, 0.1) is 5.41 Å². The molecule has 0 radical (unpaired) electrons. The summed E-state index contributed by atoms with van der Waals surface area (Å²) in [6, 6.07) is 7.53. The van der Waals surface area contributed by atoms with E-state index in [9.17, 15) is 9.90 Å². The fraction of sp³-hybridized carbons (Fsp3) is 0.500. The van der Waals surface area contributed by atoms with Crippen molar-refractivity contribution in [3.05, 3.63) is 29.8 Å². The number of hydrogen-bond donors (Lipinski definition) is 3. The SMILES string of the molecule is NC(=O)COc1ccc(CNCC2(CO)CC2)cc1. The van der Waals surface area contributed by atoms with E-state index in [0.29, 0.717) is 5.75 Å². The molecule has 104 valence electrons. The lowest BCUT2D eigenvalue weighted by Crippen LogP contribution is -2.26. The highest BCUT2D eigenvalue weighted by Gasteiger charge is 2.41. The minimum absolute atomic E-state index is 0.101. The standard InChI is InChI=1S/C14H20N2O3/c15-13(18)8-19-12-3-1-11(2-4-12)7-16-9-14(10-17)5-6-14/h1-4,16-17H,5-10H2,(H2,15,18). The predicted molar refractivity (Wildman–Crippen MR) is 71.6 cm³/mol. The van der Waals surface area contributed by atoms with Gasteiger partial charge in [-0.1, -0.05) is 12.1 Å². The zero-order chi connectivity index (χ0) is 13.7. The summed E-state index contributed by atoms with van der Waals surface area (Å²) in [5, 5.41) is 12.5. The quantitative estimate of drug-likeness (QED) is 0.635. The minimum atomic E-state index is -0.482. The van der Waals surface area contributed by atoms with Crippen LogP contribution in [0.3, 0.4) is 0 Å². The molecule has 5 nitrogen and oxygen atoms in total. The topological polar surface area (TPSA) is 84.6 Å². The van der Waals surface area contributed by atoms with Gasteiger partial charge in [-0.2, -0.15) is 0 Å². The fourth-order valence-electron chi connectivity index (χ4n) is 1.90. The van der Waals surface area contributed by atoms with E-state index in [2.05, 4.69) is 5.32 Å². The summed E-state index contributed by atoms with van der Waals surface area (Å²) in [5.74, 6) is 0.154. The van der Waals surface area contributed by atoms with Gasteiger partial charge < -0.3 is 20.9 Å². The number of aliphatic hydroxyl groups is 1. The highest BCUT2D eigenvalue weighted by atomic mass is 16.5. The molecule has 19 heavy (non-hydrogen) atoms. The van der Waals surface area contributed by atoms with Gasteiger partial charge in [0.25, 0.3) is 5.91 Å². The predicted octanol–water partition coefficient (Wildman–Crippen LogP) is 0.413. The van der Waals surface area contributed by atoms with Crippen molar-refractivity contribution in [1.82, 2.24) is 5.32 Å². The molecule has 1 amide bonds. The van der Waals surface area contributed by atoms with Crippen LogP contribution in [-0.2, 0) is 11.3 Å². The molecular formula is C14H20N2O3. The molecule has 0 aromatic heterocycles. The lowest BCUT2D eigenvalue weighted by atomic mass is 10.1. The Hall–Kier alpha value is -1.59. The smallest absolute Gasteiger partial charge is 0.255 e. The van der Waals surface area contributed by atoms with E-state index < -0.39 is 5.91 Å². The molecule has 0 aliphatic heterocycles. The molecule has 0 unspecified atom stereocenters. The Bertz CT molecular complexity index is 427. The molecule has 0 atom stereocenters. The number of benzene rings is 1. The third-order valence-electron chi connectivity index (χ3n) is 3.43.